The zero-order valence-electron chi connectivity index (χ0n) is 10.6. The number of rotatable bonds is 7. The molecule has 0 aliphatic carbocycles. The summed E-state index contributed by atoms with van der Waals surface area (Å²) in [5.74, 6) is 0. The highest BCUT2D eigenvalue weighted by molar-refractivity contribution is 4.71. The van der Waals surface area contributed by atoms with Crippen LogP contribution in [0.25, 0.3) is 0 Å². The molecule has 2 nitrogen and oxygen atoms in total. The van der Waals surface area contributed by atoms with E-state index in [1.807, 2.05) is 0 Å². The van der Waals surface area contributed by atoms with E-state index in [1.54, 1.807) is 0 Å². The van der Waals surface area contributed by atoms with Crippen LogP contribution in [0, 0.1) is 0 Å². The van der Waals surface area contributed by atoms with Gasteiger partial charge in [-0.3, -0.25) is 0 Å². The van der Waals surface area contributed by atoms with Gasteiger partial charge in [-0.15, -0.1) is 0 Å². The lowest BCUT2D eigenvalue weighted by Gasteiger charge is -2.21. The van der Waals surface area contributed by atoms with E-state index in [0.29, 0.717) is 6.04 Å². The number of hydrogen-bond donors (Lipinski definition) is 2. The summed E-state index contributed by atoms with van der Waals surface area (Å²) in [6, 6.07) is 0.664. The number of hydrogen-bond acceptors (Lipinski definition) is 2. The van der Waals surface area contributed by atoms with Gasteiger partial charge in [-0.1, -0.05) is 19.8 Å². The van der Waals surface area contributed by atoms with Gasteiger partial charge in [-0.05, 0) is 34.1 Å². The van der Waals surface area contributed by atoms with Gasteiger partial charge >= 0.3 is 0 Å². The van der Waals surface area contributed by atoms with Crippen LogP contribution >= 0.6 is 0 Å². The molecule has 86 valence electrons. The quantitative estimate of drug-likeness (QED) is 0.617. The van der Waals surface area contributed by atoms with Crippen LogP contribution in [-0.2, 0) is 0 Å². The molecule has 1 atom stereocenters. The van der Waals surface area contributed by atoms with Gasteiger partial charge in [-0.2, -0.15) is 0 Å². The number of nitrogens with one attached hydrogen (secondary N) is 2. The van der Waals surface area contributed by atoms with Crippen molar-refractivity contribution < 1.29 is 0 Å². The second-order valence-corrected chi connectivity index (χ2v) is 5.17. The summed E-state index contributed by atoms with van der Waals surface area (Å²) in [4.78, 5) is 0. The van der Waals surface area contributed by atoms with Crippen molar-refractivity contribution in [2.75, 3.05) is 13.1 Å². The molecule has 0 spiro atoms. The van der Waals surface area contributed by atoms with Gasteiger partial charge in [0.15, 0.2) is 0 Å². The molecule has 0 aromatic heterocycles. The Bertz CT molecular complexity index is 127. The van der Waals surface area contributed by atoms with Crippen LogP contribution < -0.4 is 10.6 Å². The second kappa shape index (κ2) is 7.24. The zero-order chi connectivity index (χ0) is 11.0. The molecule has 0 aliphatic rings. The molecule has 0 aromatic carbocycles. The van der Waals surface area contributed by atoms with Crippen molar-refractivity contribution in [2.24, 2.45) is 0 Å². The van der Waals surface area contributed by atoms with Crippen molar-refractivity contribution in [3.63, 3.8) is 0 Å². The lowest BCUT2D eigenvalue weighted by atomic mass is 10.1. The van der Waals surface area contributed by atoms with E-state index >= 15 is 0 Å². The highest BCUT2D eigenvalue weighted by Gasteiger charge is 2.07. The first-order valence-corrected chi connectivity index (χ1v) is 5.94. The summed E-state index contributed by atoms with van der Waals surface area (Å²) in [5, 5.41) is 7.00. The summed E-state index contributed by atoms with van der Waals surface area (Å²) in [6.45, 7) is 13.2. The summed E-state index contributed by atoms with van der Waals surface area (Å²) in [7, 11) is 0. The Hall–Kier alpha value is -0.0800. The van der Waals surface area contributed by atoms with Gasteiger partial charge in [0, 0.05) is 24.7 Å². The number of unbranched alkanes of at least 4 members (excludes halogenated alkanes) is 1. The summed E-state index contributed by atoms with van der Waals surface area (Å²) in [5.41, 5.74) is 0.244. The highest BCUT2D eigenvalue weighted by Crippen LogP contribution is 1.99. The van der Waals surface area contributed by atoms with Gasteiger partial charge in [0.05, 0.1) is 0 Å². The molecule has 2 heteroatoms. The minimum atomic E-state index is 0.244. The first kappa shape index (κ1) is 13.9. The summed E-state index contributed by atoms with van der Waals surface area (Å²) < 4.78 is 0. The fourth-order valence-electron chi connectivity index (χ4n) is 1.37. The molecule has 0 amide bonds. The monoisotopic (exact) mass is 200 g/mol. The van der Waals surface area contributed by atoms with E-state index in [4.69, 9.17) is 0 Å². The average Bonchev–Trinajstić information content (AvgIpc) is 2.07. The smallest absolute Gasteiger partial charge is 0.00970 e. The Labute approximate surface area is 89.9 Å². The van der Waals surface area contributed by atoms with Gasteiger partial charge < -0.3 is 10.6 Å². The molecule has 14 heavy (non-hydrogen) atoms. The molecule has 0 radical (unpaired) electrons. The van der Waals surface area contributed by atoms with Crippen LogP contribution in [0.15, 0.2) is 0 Å². The van der Waals surface area contributed by atoms with Crippen molar-refractivity contribution in [3.05, 3.63) is 0 Å². The van der Waals surface area contributed by atoms with E-state index in [-0.39, 0.29) is 5.54 Å². The maximum atomic E-state index is 3.53. The Balaban J connectivity index is 3.27. The molecular formula is C12H28N2. The Morgan fingerprint density at radius 2 is 1.79 bits per heavy atom. The van der Waals surface area contributed by atoms with Crippen LogP contribution in [0.2, 0.25) is 0 Å². The SMILES string of the molecule is CCCCC(C)NCCNC(C)(C)C. The minimum absolute atomic E-state index is 0.244. The van der Waals surface area contributed by atoms with E-state index in [2.05, 4.69) is 45.3 Å². The zero-order valence-corrected chi connectivity index (χ0v) is 10.6. The van der Waals surface area contributed by atoms with Crippen molar-refractivity contribution in [3.8, 4) is 0 Å². The minimum Gasteiger partial charge on any atom is -0.313 e. The fourth-order valence-corrected chi connectivity index (χ4v) is 1.37. The second-order valence-electron chi connectivity index (χ2n) is 5.17. The molecule has 2 N–H and O–H groups in total. The third-order valence-electron chi connectivity index (χ3n) is 2.26. The Morgan fingerprint density at radius 1 is 1.14 bits per heavy atom. The lowest BCUT2D eigenvalue weighted by molar-refractivity contribution is 0.406. The molecule has 0 fully saturated rings. The van der Waals surface area contributed by atoms with E-state index in [1.165, 1.54) is 19.3 Å². The molecule has 0 saturated carbocycles. The molecule has 0 saturated heterocycles. The van der Waals surface area contributed by atoms with Gasteiger partial charge in [0.25, 0.3) is 0 Å². The molecule has 0 aliphatic heterocycles. The van der Waals surface area contributed by atoms with E-state index in [9.17, 15) is 0 Å². The van der Waals surface area contributed by atoms with Crippen LogP contribution in [0.1, 0.15) is 53.9 Å². The van der Waals surface area contributed by atoms with E-state index in [0.717, 1.165) is 13.1 Å². The first-order valence-electron chi connectivity index (χ1n) is 5.94. The largest absolute Gasteiger partial charge is 0.313 e. The van der Waals surface area contributed by atoms with Gasteiger partial charge in [0.2, 0.25) is 0 Å². The van der Waals surface area contributed by atoms with Crippen LogP contribution in [0.4, 0.5) is 0 Å². The average molecular weight is 200 g/mol. The third-order valence-corrected chi connectivity index (χ3v) is 2.26. The highest BCUT2D eigenvalue weighted by atomic mass is 15.0. The molecule has 1 unspecified atom stereocenters. The fraction of sp³-hybridized carbons (Fsp3) is 1.00. The molecule has 0 aromatic rings. The molecule has 0 rings (SSSR count). The van der Waals surface area contributed by atoms with Crippen LogP contribution in [0.3, 0.4) is 0 Å². The van der Waals surface area contributed by atoms with Crippen molar-refractivity contribution in [1.29, 1.82) is 0 Å². The standard InChI is InChI=1S/C12H28N2/c1-6-7-8-11(2)13-9-10-14-12(3,4)5/h11,13-14H,6-10H2,1-5H3. The molecule has 0 bridgehead atoms. The maximum absolute atomic E-state index is 3.53. The lowest BCUT2D eigenvalue weighted by Crippen LogP contribution is -2.41. The molecular weight excluding hydrogens is 172 g/mol. The van der Waals surface area contributed by atoms with Gasteiger partial charge in [0.1, 0.15) is 0 Å². The maximum Gasteiger partial charge on any atom is 0.00970 e. The third kappa shape index (κ3) is 10.0. The van der Waals surface area contributed by atoms with Crippen molar-refractivity contribution in [2.45, 2.75) is 65.5 Å². The topological polar surface area (TPSA) is 24.1 Å². The normalized spacial score (nSPS) is 14.4. The Kier molecular flexibility index (Phi) is 7.20. The van der Waals surface area contributed by atoms with Crippen LogP contribution in [0.5, 0.6) is 0 Å². The predicted molar refractivity (Wildman–Crippen MR) is 64.7 cm³/mol. The predicted octanol–water partition coefficient (Wildman–Crippen LogP) is 2.54. The van der Waals surface area contributed by atoms with E-state index < -0.39 is 0 Å². The Morgan fingerprint density at radius 3 is 2.29 bits per heavy atom. The van der Waals surface area contributed by atoms with Gasteiger partial charge in [-0.25, -0.2) is 0 Å². The summed E-state index contributed by atoms with van der Waals surface area (Å²) in [6.07, 6.45) is 3.93. The molecule has 0 heterocycles. The summed E-state index contributed by atoms with van der Waals surface area (Å²) >= 11 is 0. The van der Waals surface area contributed by atoms with Crippen molar-refractivity contribution in [1.82, 2.24) is 10.6 Å². The van der Waals surface area contributed by atoms with Crippen LogP contribution in [-0.4, -0.2) is 24.7 Å². The van der Waals surface area contributed by atoms with Crippen molar-refractivity contribution >= 4 is 0 Å². The first-order chi connectivity index (χ1) is 6.45.